The second-order valence-corrected chi connectivity index (χ2v) is 6.45. The molecule has 2 atom stereocenters. The Morgan fingerprint density at radius 3 is 2.90 bits per heavy atom. The third-order valence-corrected chi connectivity index (χ3v) is 5.15. The van der Waals surface area contributed by atoms with Crippen LogP contribution in [-0.2, 0) is 4.79 Å². The van der Waals surface area contributed by atoms with E-state index < -0.39 is 0 Å². The van der Waals surface area contributed by atoms with Gasteiger partial charge in [-0.05, 0) is 32.7 Å². The lowest BCUT2D eigenvalue weighted by atomic mass is 10.0. The van der Waals surface area contributed by atoms with Crippen LogP contribution in [0.25, 0.3) is 0 Å². The zero-order valence-corrected chi connectivity index (χ0v) is 14.0. The number of likely N-dealkylation sites (N-methyl/N-ethyl adjacent to an activating group) is 1. The fourth-order valence-corrected chi connectivity index (χ4v) is 3.95. The molecule has 3 rings (SSSR count). The first-order valence-corrected chi connectivity index (χ1v) is 8.29. The SMILES string of the molecule is CNC1CCCN(C(=O)C2CCCN2c2nccs2)C1.Cl. The fourth-order valence-electron chi connectivity index (χ4n) is 3.23. The van der Waals surface area contributed by atoms with E-state index in [4.69, 9.17) is 0 Å². The van der Waals surface area contributed by atoms with Crippen molar-refractivity contribution in [2.75, 3.05) is 31.6 Å². The number of nitrogens with one attached hydrogen (secondary N) is 1. The number of thiazole rings is 1. The summed E-state index contributed by atoms with van der Waals surface area (Å²) in [5, 5.41) is 6.27. The summed E-state index contributed by atoms with van der Waals surface area (Å²) >= 11 is 1.62. The Bertz CT molecular complexity index is 456. The van der Waals surface area contributed by atoms with E-state index in [-0.39, 0.29) is 24.4 Å². The topological polar surface area (TPSA) is 48.5 Å². The van der Waals surface area contributed by atoms with Crippen LogP contribution in [0.5, 0.6) is 0 Å². The molecule has 118 valence electrons. The predicted molar refractivity (Wildman–Crippen MR) is 88.4 cm³/mol. The summed E-state index contributed by atoms with van der Waals surface area (Å²) in [5.41, 5.74) is 0. The van der Waals surface area contributed by atoms with Crippen LogP contribution in [0.4, 0.5) is 5.13 Å². The number of halogens is 1. The van der Waals surface area contributed by atoms with Gasteiger partial charge >= 0.3 is 0 Å². The van der Waals surface area contributed by atoms with Crippen LogP contribution in [0.1, 0.15) is 25.7 Å². The summed E-state index contributed by atoms with van der Waals surface area (Å²) in [7, 11) is 1.98. The molecule has 1 aromatic rings. The molecular formula is C14H23ClN4OS. The number of anilines is 1. The Morgan fingerprint density at radius 2 is 2.19 bits per heavy atom. The average Bonchev–Trinajstić information content (AvgIpc) is 3.16. The van der Waals surface area contributed by atoms with E-state index in [2.05, 4.69) is 15.2 Å². The van der Waals surface area contributed by atoms with Crippen molar-refractivity contribution in [3.05, 3.63) is 11.6 Å². The van der Waals surface area contributed by atoms with Crippen LogP contribution in [0, 0.1) is 0 Å². The molecule has 2 aliphatic rings. The third-order valence-electron chi connectivity index (χ3n) is 4.34. The molecule has 1 N–H and O–H groups in total. The molecule has 1 amide bonds. The van der Waals surface area contributed by atoms with Gasteiger partial charge in [-0.15, -0.1) is 23.7 Å². The summed E-state index contributed by atoms with van der Waals surface area (Å²) in [4.78, 5) is 21.4. The zero-order chi connectivity index (χ0) is 13.9. The maximum Gasteiger partial charge on any atom is 0.245 e. The Hall–Kier alpha value is -0.850. The van der Waals surface area contributed by atoms with Crippen molar-refractivity contribution in [3.8, 4) is 0 Å². The Kier molecular flexibility index (Phi) is 5.84. The fraction of sp³-hybridized carbons (Fsp3) is 0.714. The smallest absolute Gasteiger partial charge is 0.245 e. The van der Waals surface area contributed by atoms with Gasteiger partial charge in [-0.25, -0.2) is 4.98 Å². The summed E-state index contributed by atoms with van der Waals surface area (Å²) in [6, 6.07) is 0.444. The molecule has 0 aromatic carbocycles. The first-order valence-electron chi connectivity index (χ1n) is 7.42. The normalized spacial score (nSPS) is 25.8. The number of carbonyl (C=O) groups is 1. The summed E-state index contributed by atoms with van der Waals surface area (Å²) in [6.45, 7) is 2.70. The van der Waals surface area contributed by atoms with Crippen molar-refractivity contribution in [1.82, 2.24) is 15.2 Å². The molecule has 1 aromatic heterocycles. The number of rotatable bonds is 3. The predicted octanol–water partition coefficient (Wildman–Crippen LogP) is 1.74. The van der Waals surface area contributed by atoms with Gasteiger partial charge in [0, 0.05) is 37.3 Å². The van der Waals surface area contributed by atoms with E-state index in [0.29, 0.717) is 6.04 Å². The third kappa shape index (κ3) is 3.49. The van der Waals surface area contributed by atoms with Crippen molar-refractivity contribution in [1.29, 1.82) is 0 Å². The average molecular weight is 331 g/mol. The maximum absolute atomic E-state index is 12.8. The first-order chi connectivity index (χ1) is 9.79. The molecule has 21 heavy (non-hydrogen) atoms. The van der Waals surface area contributed by atoms with Crippen molar-refractivity contribution < 1.29 is 4.79 Å². The lowest BCUT2D eigenvalue weighted by Crippen LogP contribution is -2.52. The van der Waals surface area contributed by atoms with E-state index in [1.165, 1.54) is 6.42 Å². The highest BCUT2D eigenvalue weighted by Gasteiger charge is 2.36. The molecule has 0 aliphatic carbocycles. The highest BCUT2D eigenvalue weighted by molar-refractivity contribution is 7.13. The van der Waals surface area contributed by atoms with E-state index in [1.807, 2.05) is 23.5 Å². The molecule has 0 bridgehead atoms. The Morgan fingerprint density at radius 1 is 1.38 bits per heavy atom. The summed E-state index contributed by atoms with van der Waals surface area (Å²) in [5.74, 6) is 0.289. The first kappa shape index (κ1) is 16.5. The lowest BCUT2D eigenvalue weighted by Gasteiger charge is -2.36. The van der Waals surface area contributed by atoms with Gasteiger partial charge in [0.1, 0.15) is 6.04 Å². The van der Waals surface area contributed by atoms with Crippen LogP contribution < -0.4 is 10.2 Å². The monoisotopic (exact) mass is 330 g/mol. The van der Waals surface area contributed by atoms with Gasteiger partial charge in [-0.3, -0.25) is 4.79 Å². The second-order valence-electron chi connectivity index (χ2n) is 5.58. The van der Waals surface area contributed by atoms with E-state index >= 15 is 0 Å². The van der Waals surface area contributed by atoms with Crippen molar-refractivity contribution >= 4 is 34.8 Å². The lowest BCUT2D eigenvalue weighted by molar-refractivity contribution is -0.133. The van der Waals surface area contributed by atoms with Crippen LogP contribution in [-0.4, -0.2) is 54.6 Å². The van der Waals surface area contributed by atoms with Gasteiger partial charge < -0.3 is 15.1 Å². The number of hydrogen-bond donors (Lipinski definition) is 1. The minimum Gasteiger partial charge on any atom is -0.339 e. The molecule has 0 saturated carbocycles. The molecule has 5 nitrogen and oxygen atoms in total. The summed E-state index contributed by atoms with van der Waals surface area (Å²) < 4.78 is 0. The maximum atomic E-state index is 12.8. The van der Waals surface area contributed by atoms with Crippen LogP contribution in [0.3, 0.4) is 0 Å². The molecule has 3 heterocycles. The van der Waals surface area contributed by atoms with Gasteiger partial charge in [-0.1, -0.05) is 0 Å². The van der Waals surface area contributed by atoms with Crippen LogP contribution in [0.2, 0.25) is 0 Å². The summed E-state index contributed by atoms with van der Waals surface area (Å²) in [6.07, 6.45) is 6.12. The minimum atomic E-state index is -0.00300. The van der Waals surface area contributed by atoms with Gasteiger partial charge in [0.2, 0.25) is 5.91 Å². The van der Waals surface area contributed by atoms with E-state index in [0.717, 1.165) is 44.0 Å². The molecule has 2 saturated heterocycles. The Labute approximate surface area is 136 Å². The quantitative estimate of drug-likeness (QED) is 0.917. The van der Waals surface area contributed by atoms with Crippen molar-refractivity contribution in [2.45, 2.75) is 37.8 Å². The van der Waals surface area contributed by atoms with E-state index in [1.54, 1.807) is 11.3 Å². The highest BCUT2D eigenvalue weighted by Crippen LogP contribution is 2.28. The largest absolute Gasteiger partial charge is 0.339 e. The van der Waals surface area contributed by atoms with Gasteiger partial charge in [0.15, 0.2) is 5.13 Å². The number of aromatic nitrogens is 1. The second kappa shape index (κ2) is 7.42. The highest BCUT2D eigenvalue weighted by atomic mass is 35.5. The molecule has 0 spiro atoms. The molecule has 2 unspecified atom stereocenters. The number of piperidine rings is 1. The number of hydrogen-bond acceptors (Lipinski definition) is 5. The molecule has 2 fully saturated rings. The van der Waals surface area contributed by atoms with Gasteiger partial charge in [0.05, 0.1) is 0 Å². The number of amides is 1. The molecule has 2 aliphatic heterocycles. The zero-order valence-electron chi connectivity index (χ0n) is 12.3. The van der Waals surface area contributed by atoms with Crippen LogP contribution >= 0.6 is 23.7 Å². The van der Waals surface area contributed by atoms with Gasteiger partial charge in [0.25, 0.3) is 0 Å². The van der Waals surface area contributed by atoms with Gasteiger partial charge in [-0.2, -0.15) is 0 Å². The van der Waals surface area contributed by atoms with Crippen molar-refractivity contribution in [3.63, 3.8) is 0 Å². The van der Waals surface area contributed by atoms with Crippen LogP contribution in [0.15, 0.2) is 11.6 Å². The minimum absolute atomic E-state index is 0. The number of carbonyl (C=O) groups excluding carboxylic acids is 1. The Balaban J connectivity index is 0.00000161. The molecule has 7 heteroatoms. The molecular weight excluding hydrogens is 308 g/mol. The van der Waals surface area contributed by atoms with Crippen molar-refractivity contribution in [2.24, 2.45) is 0 Å². The number of likely N-dealkylation sites (tertiary alicyclic amines) is 1. The van der Waals surface area contributed by atoms with E-state index in [9.17, 15) is 4.79 Å². The molecule has 0 radical (unpaired) electrons. The standard InChI is InChI=1S/C14H22N4OS.ClH/c1-15-11-4-2-7-17(10-11)13(19)12-5-3-8-18(12)14-16-6-9-20-14;/h6,9,11-12,15H,2-5,7-8,10H2,1H3;1H. The number of nitrogens with zero attached hydrogens (tertiary/aromatic N) is 3.